The van der Waals surface area contributed by atoms with Crippen molar-refractivity contribution in [1.82, 2.24) is 0 Å². The first-order chi connectivity index (χ1) is 12.4. The Bertz CT molecular complexity index is 554. The van der Waals surface area contributed by atoms with Crippen LogP contribution in [0.1, 0.15) is 40.5 Å². The number of hydrogen-bond acceptors (Lipinski definition) is 8. The van der Waals surface area contributed by atoms with Crippen molar-refractivity contribution in [2.75, 3.05) is 6.61 Å². The summed E-state index contributed by atoms with van der Waals surface area (Å²) in [5.74, 6) is 0. The van der Waals surface area contributed by atoms with Crippen LogP contribution in [-0.4, -0.2) is 86.3 Å². The fraction of sp³-hybridized carbons (Fsp3) is 0.895. The molecule has 9 unspecified atom stereocenters. The van der Waals surface area contributed by atoms with Crippen molar-refractivity contribution in [2.24, 2.45) is 5.41 Å². The van der Waals surface area contributed by atoms with Gasteiger partial charge in [-0.3, -0.25) is 0 Å². The third-order valence-electron chi connectivity index (χ3n) is 6.32. The summed E-state index contributed by atoms with van der Waals surface area (Å²) in [6.07, 6.45) is -2.09. The Morgan fingerprint density at radius 2 is 1.78 bits per heavy atom. The summed E-state index contributed by atoms with van der Waals surface area (Å²) in [6, 6.07) is 0. The highest BCUT2D eigenvalue weighted by atomic mass is 16.7. The zero-order valence-corrected chi connectivity index (χ0v) is 16.3. The Hall–Kier alpha value is -0.580. The van der Waals surface area contributed by atoms with Gasteiger partial charge in [0.1, 0.15) is 30.0 Å². The first-order valence-corrected chi connectivity index (χ1v) is 9.49. The zero-order chi connectivity index (χ0) is 20.2. The molecule has 156 valence electrons. The maximum atomic E-state index is 10.9. The van der Waals surface area contributed by atoms with Crippen LogP contribution in [0.3, 0.4) is 0 Å². The zero-order valence-electron chi connectivity index (χ0n) is 16.3. The molecule has 27 heavy (non-hydrogen) atoms. The topological polar surface area (TPSA) is 129 Å². The van der Waals surface area contributed by atoms with E-state index in [4.69, 9.17) is 14.2 Å². The monoisotopic (exact) mass is 388 g/mol. The van der Waals surface area contributed by atoms with E-state index in [-0.39, 0.29) is 11.5 Å². The van der Waals surface area contributed by atoms with E-state index in [1.807, 2.05) is 6.08 Å². The molecule has 0 saturated carbocycles. The van der Waals surface area contributed by atoms with Crippen molar-refractivity contribution in [1.29, 1.82) is 0 Å². The van der Waals surface area contributed by atoms with Gasteiger partial charge in [0.05, 0.1) is 24.4 Å². The van der Waals surface area contributed by atoms with Crippen LogP contribution in [0.15, 0.2) is 12.2 Å². The smallest absolute Gasteiger partial charge is 0.187 e. The van der Waals surface area contributed by atoms with Gasteiger partial charge in [0.25, 0.3) is 0 Å². The van der Waals surface area contributed by atoms with Gasteiger partial charge < -0.3 is 39.7 Å². The molecule has 0 radical (unpaired) electrons. The van der Waals surface area contributed by atoms with E-state index in [9.17, 15) is 25.5 Å². The Morgan fingerprint density at radius 3 is 2.33 bits per heavy atom. The quantitative estimate of drug-likeness (QED) is 0.397. The lowest BCUT2D eigenvalue weighted by Gasteiger charge is -2.46. The highest BCUT2D eigenvalue weighted by Gasteiger charge is 2.67. The van der Waals surface area contributed by atoms with Crippen molar-refractivity contribution >= 4 is 0 Å². The second kappa shape index (κ2) is 7.03. The molecule has 0 aliphatic carbocycles. The number of aliphatic hydroxyl groups excluding tert-OH is 4. The molecule has 3 aliphatic heterocycles. The van der Waals surface area contributed by atoms with Gasteiger partial charge in [-0.25, -0.2) is 0 Å². The summed E-state index contributed by atoms with van der Waals surface area (Å²) in [6.45, 7) is 7.13. The number of rotatable bonds is 5. The molecule has 3 heterocycles. The summed E-state index contributed by atoms with van der Waals surface area (Å²) in [5.41, 5.74) is -2.09. The van der Waals surface area contributed by atoms with Crippen LogP contribution in [-0.2, 0) is 14.2 Å². The predicted octanol–water partition coefficient (Wildman–Crippen LogP) is -0.544. The van der Waals surface area contributed by atoms with E-state index >= 15 is 0 Å². The lowest BCUT2D eigenvalue weighted by molar-refractivity contribution is -0.306. The number of aliphatic hydroxyl groups is 5. The van der Waals surface area contributed by atoms with Gasteiger partial charge in [-0.2, -0.15) is 0 Å². The van der Waals surface area contributed by atoms with Gasteiger partial charge in [0.15, 0.2) is 6.29 Å². The lowest BCUT2D eigenvalue weighted by Crippen LogP contribution is -2.59. The third kappa shape index (κ3) is 3.36. The number of hydrogen-bond donors (Lipinski definition) is 5. The molecule has 0 aromatic carbocycles. The Morgan fingerprint density at radius 1 is 1.11 bits per heavy atom. The summed E-state index contributed by atoms with van der Waals surface area (Å²) in [5, 5.41) is 50.0. The minimum absolute atomic E-state index is 0.0151. The van der Waals surface area contributed by atoms with Crippen molar-refractivity contribution in [3.05, 3.63) is 12.2 Å². The van der Waals surface area contributed by atoms with E-state index in [1.165, 1.54) is 0 Å². The van der Waals surface area contributed by atoms with Crippen LogP contribution in [0, 0.1) is 5.41 Å². The Balaban J connectivity index is 1.71. The van der Waals surface area contributed by atoms with Crippen LogP contribution in [0.5, 0.6) is 0 Å². The van der Waals surface area contributed by atoms with Gasteiger partial charge >= 0.3 is 0 Å². The van der Waals surface area contributed by atoms with Crippen molar-refractivity contribution < 1.29 is 39.7 Å². The van der Waals surface area contributed by atoms with Crippen molar-refractivity contribution in [3.63, 3.8) is 0 Å². The second-order valence-electron chi connectivity index (χ2n) is 8.94. The SMILES string of the molecule is CC(C=CC12OC(CC1(C)C)CC2(C)O)OC1OC(CO)C(O)C(O)C1O. The van der Waals surface area contributed by atoms with Gasteiger partial charge in [0, 0.05) is 11.8 Å². The molecular formula is C19H32O8. The fourth-order valence-electron chi connectivity index (χ4n) is 4.90. The van der Waals surface area contributed by atoms with Crippen LogP contribution in [0.4, 0.5) is 0 Å². The van der Waals surface area contributed by atoms with Crippen LogP contribution >= 0.6 is 0 Å². The van der Waals surface area contributed by atoms with Gasteiger partial charge in [-0.1, -0.05) is 26.0 Å². The average molecular weight is 388 g/mol. The molecule has 5 N–H and O–H groups in total. The first kappa shape index (κ1) is 21.1. The molecule has 3 rings (SSSR count). The second-order valence-corrected chi connectivity index (χ2v) is 8.94. The fourth-order valence-corrected chi connectivity index (χ4v) is 4.90. The lowest BCUT2D eigenvalue weighted by atomic mass is 9.61. The van der Waals surface area contributed by atoms with Gasteiger partial charge in [-0.05, 0) is 20.3 Å². The van der Waals surface area contributed by atoms with Crippen molar-refractivity contribution in [3.8, 4) is 0 Å². The number of fused-ring (bicyclic) bond motifs is 2. The van der Waals surface area contributed by atoms with E-state index in [0.717, 1.165) is 6.42 Å². The van der Waals surface area contributed by atoms with Gasteiger partial charge in [0.2, 0.25) is 0 Å². The molecule has 8 heteroatoms. The van der Waals surface area contributed by atoms with Crippen molar-refractivity contribution in [2.45, 2.75) is 94.7 Å². The Kier molecular flexibility index (Phi) is 5.51. The van der Waals surface area contributed by atoms with Crippen LogP contribution < -0.4 is 0 Å². The molecule has 0 aromatic rings. The highest BCUT2D eigenvalue weighted by Crippen LogP contribution is 2.60. The molecule has 3 saturated heterocycles. The normalized spacial score (nSPS) is 50.4. The van der Waals surface area contributed by atoms with Gasteiger partial charge in [-0.15, -0.1) is 0 Å². The molecule has 0 aromatic heterocycles. The van der Waals surface area contributed by atoms with E-state index in [2.05, 4.69) is 13.8 Å². The maximum absolute atomic E-state index is 10.9. The standard InChI is InChI=1S/C19H32O8/c1-10(25-16-15(23)14(22)13(21)12(9-20)26-16)5-6-19-17(2,3)7-11(27-19)8-18(19,4)24/h5-6,10-16,20-24H,7-9H2,1-4H3. The summed E-state index contributed by atoms with van der Waals surface area (Å²) in [4.78, 5) is 0. The minimum atomic E-state index is -1.48. The molecule has 3 fully saturated rings. The maximum Gasteiger partial charge on any atom is 0.187 e. The molecular weight excluding hydrogens is 356 g/mol. The van der Waals surface area contributed by atoms with E-state index in [1.54, 1.807) is 19.9 Å². The number of ether oxygens (including phenoxy) is 3. The largest absolute Gasteiger partial charge is 0.394 e. The van der Waals surface area contributed by atoms with Crippen LogP contribution in [0.2, 0.25) is 0 Å². The minimum Gasteiger partial charge on any atom is -0.394 e. The third-order valence-corrected chi connectivity index (χ3v) is 6.32. The average Bonchev–Trinajstić information content (AvgIpc) is 2.98. The highest BCUT2D eigenvalue weighted by molar-refractivity contribution is 5.27. The van der Waals surface area contributed by atoms with E-state index in [0.29, 0.717) is 6.42 Å². The summed E-state index contributed by atoms with van der Waals surface area (Å²) >= 11 is 0. The molecule has 8 nitrogen and oxygen atoms in total. The predicted molar refractivity (Wildman–Crippen MR) is 94.7 cm³/mol. The Labute approximate surface area is 159 Å². The van der Waals surface area contributed by atoms with E-state index < -0.39 is 54.6 Å². The molecule has 0 amide bonds. The first-order valence-electron chi connectivity index (χ1n) is 9.49. The molecule has 3 aliphatic rings. The molecule has 2 bridgehead atoms. The molecule has 0 spiro atoms. The summed E-state index contributed by atoms with van der Waals surface area (Å²) < 4.78 is 17.2. The molecule has 9 atom stereocenters. The van der Waals surface area contributed by atoms with Crippen LogP contribution in [0.25, 0.3) is 0 Å². The summed E-state index contributed by atoms with van der Waals surface area (Å²) in [7, 11) is 0.